The zero-order valence-electron chi connectivity index (χ0n) is 9.68. The Morgan fingerprint density at radius 3 is 2.56 bits per heavy atom. The van der Waals surface area contributed by atoms with Gasteiger partial charge in [-0.3, -0.25) is 0 Å². The van der Waals surface area contributed by atoms with E-state index in [1.54, 1.807) is 23.9 Å². The number of carboxylic acid groups (broad SMARTS) is 1. The van der Waals surface area contributed by atoms with Crippen LogP contribution in [-0.4, -0.2) is 17.3 Å². The molecule has 1 N–H and O–H groups in total. The smallest absolute Gasteiger partial charge is 0.337 e. The van der Waals surface area contributed by atoms with Crippen molar-refractivity contribution in [3.05, 3.63) is 53.1 Å². The van der Waals surface area contributed by atoms with E-state index in [1.807, 2.05) is 30.5 Å². The number of aromatic carboxylic acids is 1. The Balaban J connectivity index is 2.52. The third-order valence-corrected chi connectivity index (χ3v) is 3.73. The van der Waals surface area contributed by atoms with Gasteiger partial charge in [-0.2, -0.15) is 0 Å². The lowest BCUT2D eigenvalue weighted by Gasteiger charge is -2.08. The van der Waals surface area contributed by atoms with Gasteiger partial charge in [-0.25, -0.2) is 4.79 Å². The lowest BCUT2D eigenvalue weighted by atomic mass is 10.0. The number of carbonyl (C=O) groups is 1. The molecule has 0 atom stereocenters. The fourth-order valence-electron chi connectivity index (χ4n) is 1.74. The van der Waals surface area contributed by atoms with E-state index in [4.69, 9.17) is 16.7 Å². The number of halogens is 1. The maximum atomic E-state index is 10.9. The molecule has 0 spiro atoms. The van der Waals surface area contributed by atoms with Crippen LogP contribution in [0, 0.1) is 0 Å². The Kier molecular flexibility index (Phi) is 3.94. The predicted octanol–water partition coefficient (Wildman–Crippen LogP) is 4.43. The SMILES string of the molecule is CSc1ccccc1-c1ccc(C(=O)O)c(Cl)c1. The van der Waals surface area contributed by atoms with Crippen LogP contribution in [-0.2, 0) is 0 Å². The minimum absolute atomic E-state index is 0.127. The van der Waals surface area contributed by atoms with Gasteiger partial charge in [0.05, 0.1) is 10.6 Å². The van der Waals surface area contributed by atoms with Gasteiger partial charge in [0.1, 0.15) is 0 Å². The van der Waals surface area contributed by atoms with Crippen molar-refractivity contribution in [2.75, 3.05) is 6.26 Å². The Morgan fingerprint density at radius 2 is 1.94 bits per heavy atom. The van der Waals surface area contributed by atoms with Crippen molar-refractivity contribution in [1.82, 2.24) is 0 Å². The average molecular weight is 279 g/mol. The van der Waals surface area contributed by atoms with Crippen LogP contribution >= 0.6 is 23.4 Å². The van der Waals surface area contributed by atoms with Crippen molar-refractivity contribution in [2.45, 2.75) is 4.90 Å². The Hall–Kier alpha value is -1.45. The van der Waals surface area contributed by atoms with Crippen LogP contribution in [0.25, 0.3) is 11.1 Å². The number of thioether (sulfide) groups is 1. The van der Waals surface area contributed by atoms with Crippen LogP contribution in [0.15, 0.2) is 47.4 Å². The Morgan fingerprint density at radius 1 is 1.22 bits per heavy atom. The van der Waals surface area contributed by atoms with Crippen LogP contribution in [0.5, 0.6) is 0 Å². The highest BCUT2D eigenvalue weighted by Crippen LogP contribution is 2.32. The molecule has 2 aromatic rings. The second-order valence-electron chi connectivity index (χ2n) is 3.70. The van der Waals surface area contributed by atoms with Gasteiger partial charge < -0.3 is 5.11 Å². The van der Waals surface area contributed by atoms with Gasteiger partial charge in [0.15, 0.2) is 0 Å². The molecule has 0 amide bonds. The Labute approximate surface area is 115 Å². The molecule has 0 radical (unpaired) electrons. The summed E-state index contributed by atoms with van der Waals surface area (Å²) < 4.78 is 0. The summed E-state index contributed by atoms with van der Waals surface area (Å²) in [6.07, 6.45) is 2.01. The highest BCUT2D eigenvalue weighted by Gasteiger charge is 2.11. The fraction of sp³-hybridized carbons (Fsp3) is 0.0714. The van der Waals surface area contributed by atoms with Gasteiger partial charge in [0, 0.05) is 4.90 Å². The lowest BCUT2D eigenvalue weighted by Crippen LogP contribution is -1.97. The van der Waals surface area contributed by atoms with Crippen molar-refractivity contribution in [3.63, 3.8) is 0 Å². The number of hydrogen-bond donors (Lipinski definition) is 1. The van der Waals surface area contributed by atoms with Crippen LogP contribution < -0.4 is 0 Å². The molecule has 2 nitrogen and oxygen atoms in total. The number of carboxylic acids is 1. The first kappa shape index (κ1) is 13.0. The molecule has 0 aliphatic heterocycles. The molecule has 0 unspecified atom stereocenters. The Bertz CT molecular complexity index is 596. The summed E-state index contributed by atoms with van der Waals surface area (Å²) in [7, 11) is 0. The van der Waals surface area contributed by atoms with Crippen molar-refractivity contribution in [2.24, 2.45) is 0 Å². The summed E-state index contributed by atoms with van der Waals surface area (Å²) in [5, 5.41) is 9.20. The molecule has 0 fully saturated rings. The van der Waals surface area contributed by atoms with Crippen molar-refractivity contribution < 1.29 is 9.90 Å². The van der Waals surface area contributed by atoms with Crippen molar-refractivity contribution in [1.29, 1.82) is 0 Å². The fourth-order valence-corrected chi connectivity index (χ4v) is 2.62. The summed E-state index contributed by atoms with van der Waals surface area (Å²) in [4.78, 5) is 12.0. The zero-order chi connectivity index (χ0) is 13.1. The lowest BCUT2D eigenvalue weighted by molar-refractivity contribution is 0.0697. The molecule has 0 aliphatic rings. The molecule has 0 aliphatic carbocycles. The van der Waals surface area contributed by atoms with E-state index in [-0.39, 0.29) is 10.6 Å². The first-order chi connectivity index (χ1) is 8.63. The largest absolute Gasteiger partial charge is 0.478 e. The van der Waals surface area contributed by atoms with Gasteiger partial charge in [-0.15, -0.1) is 11.8 Å². The predicted molar refractivity (Wildman–Crippen MR) is 75.6 cm³/mol. The molecule has 92 valence electrons. The van der Waals surface area contributed by atoms with E-state index in [1.165, 1.54) is 6.07 Å². The summed E-state index contributed by atoms with van der Waals surface area (Å²) in [6, 6.07) is 13.0. The molecular formula is C14H11ClO2S. The summed E-state index contributed by atoms with van der Waals surface area (Å²) in [6.45, 7) is 0. The van der Waals surface area contributed by atoms with E-state index in [0.717, 1.165) is 16.0 Å². The summed E-state index contributed by atoms with van der Waals surface area (Å²) >= 11 is 7.63. The standard InChI is InChI=1S/C14H11ClO2S/c1-18-13-5-3-2-4-10(13)9-6-7-11(14(16)17)12(15)8-9/h2-8H,1H3,(H,16,17). The molecular weight excluding hydrogens is 268 g/mol. The molecule has 0 bridgehead atoms. The third-order valence-electron chi connectivity index (χ3n) is 2.62. The first-order valence-electron chi connectivity index (χ1n) is 5.29. The van der Waals surface area contributed by atoms with Gasteiger partial charge in [0.2, 0.25) is 0 Å². The van der Waals surface area contributed by atoms with E-state index in [0.29, 0.717) is 0 Å². The van der Waals surface area contributed by atoms with Crippen LogP contribution in [0.4, 0.5) is 0 Å². The van der Waals surface area contributed by atoms with Crippen molar-refractivity contribution >= 4 is 29.3 Å². The normalized spacial score (nSPS) is 10.3. The summed E-state index contributed by atoms with van der Waals surface area (Å²) in [5.41, 5.74) is 2.11. The quantitative estimate of drug-likeness (QED) is 0.844. The molecule has 0 aromatic heterocycles. The topological polar surface area (TPSA) is 37.3 Å². The van der Waals surface area contributed by atoms with E-state index >= 15 is 0 Å². The average Bonchev–Trinajstić information content (AvgIpc) is 2.38. The number of benzene rings is 2. The van der Waals surface area contributed by atoms with Gasteiger partial charge in [0.25, 0.3) is 0 Å². The maximum absolute atomic E-state index is 10.9. The second-order valence-corrected chi connectivity index (χ2v) is 4.96. The minimum Gasteiger partial charge on any atom is -0.478 e. The second kappa shape index (κ2) is 5.46. The van der Waals surface area contributed by atoms with Crippen LogP contribution in [0.2, 0.25) is 5.02 Å². The van der Waals surface area contributed by atoms with E-state index in [9.17, 15) is 4.79 Å². The molecule has 0 saturated heterocycles. The highest BCUT2D eigenvalue weighted by atomic mass is 35.5. The zero-order valence-corrected chi connectivity index (χ0v) is 11.3. The third kappa shape index (κ3) is 2.52. The first-order valence-corrected chi connectivity index (χ1v) is 6.90. The van der Waals surface area contributed by atoms with Gasteiger partial charge in [-0.1, -0.05) is 35.9 Å². The van der Waals surface area contributed by atoms with Crippen LogP contribution in [0.3, 0.4) is 0 Å². The molecule has 18 heavy (non-hydrogen) atoms. The molecule has 4 heteroatoms. The van der Waals surface area contributed by atoms with E-state index < -0.39 is 5.97 Å². The molecule has 2 rings (SSSR count). The summed E-state index contributed by atoms with van der Waals surface area (Å²) in [5.74, 6) is -1.01. The van der Waals surface area contributed by atoms with E-state index in [2.05, 4.69) is 0 Å². The van der Waals surface area contributed by atoms with Crippen LogP contribution in [0.1, 0.15) is 10.4 Å². The van der Waals surface area contributed by atoms with Gasteiger partial charge in [-0.05, 0) is 35.6 Å². The highest BCUT2D eigenvalue weighted by molar-refractivity contribution is 7.98. The molecule has 0 heterocycles. The molecule has 2 aromatic carbocycles. The van der Waals surface area contributed by atoms with Crippen molar-refractivity contribution in [3.8, 4) is 11.1 Å². The van der Waals surface area contributed by atoms with Gasteiger partial charge >= 0.3 is 5.97 Å². The number of hydrogen-bond acceptors (Lipinski definition) is 2. The number of rotatable bonds is 3. The maximum Gasteiger partial charge on any atom is 0.337 e. The minimum atomic E-state index is -1.01. The molecule has 0 saturated carbocycles. The monoisotopic (exact) mass is 278 g/mol.